The van der Waals surface area contributed by atoms with Gasteiger partial charge in [-0.25, -0.2) is 21.6 Å². The lowest BCUT2D eigenvalue weighted by molar-refractivity contribution is -0.136. The molecule has 1 fully saturated rings. The first kappa shape index (κ1) is 24.7. The average Bonchev–Trinajstić information content (AvgIpc) is 2.75. The Hall–Kier alpha value is -2.92. The van der Waals surface area contributed by atoms with Gasteiger partial charge in [-0.3, -0.25) is 9.59 Å². The van der Waals surface area contributed by atoms with E-state index in [9.17, 15) is 31.2 Å². The normalized spacial score (nSPS) is 16.9. The molecule has 1 unspecified atom stereocenters. The topological polar surface area (TPSA) is 95.6 Å². The molecule has 1 aliphatic rings. The van der Waals surface area contributed by atoms with Crippen LogP contribution >= 0.6 is 0 Å². The number of nitrogens with one attached hydrogen (secondary N) is 2. The Labute approximate surface area is 190 Å². The average molecular weight is 484 g/mol. The van der Waals surface area contributed by atoms with Crippen LogP contribution in [0.2, 0.25) is 0 Å². The molecule has 2 aromatic rings. The van der Waals surface area contributed by atoms with Crippen molar-refractivity contribution in [1.29, 1.82) is 0 Å². The molecule has 0 spiro atoms. The van der Waals surface area contributed by atoms with Crippen LogP contribution in [0.3, 0.4) is 0 Å². The van der Waals surface area contributed by atoms with Crippen molar-refractivity contribution in [2.75, 3.05) is 18.4 Å². The molecule has 0 aliphatic carbocycles. The minimum atomic E-state index is -3.87. The highest BCUT2D eigenvalue weighted by Crippen LogP contribution is 2.28. The van der Waals surface area contributed by atoms with Crippen LogP contribution in [0.1, 0.15) is 31.2 Å². The third-order valence-corrected chi connectivity index (χ3v) is 7.56. The fourth-order valence-corrected chi connectivity index (χ4v) is 5.74. The second kappa shape index (κ2) is 10.3. The summed E-state index contributed by atoms with van der Waals surface area (Å²) in [4.78, 5) is 24.1. The van der Waals surface area contributed by atoms with Crippen LogP contribution in [0.4, 0.5) is 18.9 Å². The first-order valence-electron chi connectivity index (χ1n) is 10.4. The number of hydrogen-bond donors (Lipinski definition) is 2. The lowest BCUT2D eigenvalue weighted by Gasteiger charge is -2.35. The molecule has 2 aromatic carbocycles. The van der Waals surface area contributed by atoms with Crippen LogP contribution < -0.4 is 10.6 Å². The number of anilines is 1. The maximum absolute atomic E-state index is 13.6. The molecule has 0 radical (unpaired) electrons. The summed E-state index contributed by atoms with van der Waals surface area (Å²) in [7, 11) is -3.87. The summed E-state index contributed by atoms with van der Waals surface area (Å²) in [5, 5.41) is 4.45. The molecule has 1 saturated heterocycles. The number of carbonyl (C=O) groups is 2. The second-order valence-electron chi connectivity index (χ2n) is 7.80. The van der Waals surface area contributed by atoms with E-state index in [1.165, 1.54) is 17.3 Å². The van der Waals surface area contributed by atoms with E-state index in [-0.39, 0.29) is 23.5 Å². The first-order chi connectivity index (χ1) is 15.6. The fourth-order valence-electron chi connectivity index (χ4n) is 3.81. The molecule has 11 heteroatoms. The Morgan fingerprint density at radius 2 is 1.73 bits per heavy atom. The molecular weight excluding hydrogens is 459 g/mol. The van der Waals surface area contributed by atoms with E-state index in [0.29, 0.717) is 31.0 Å². The van der Waals surface area contributed by atoms with E-state index in [0.717, 1.165) is 30.7 Å². The highest BCUT2D eigenvalue weighted by molar-refractivity contribution is 7.89. The van der Waals surface area contributed by atoms with Crippen molar-refractivity contribution in [2.45, 2.75) is 43.5 Å². The standard InChI is InChI=1S/C22H24F3N3O4S/c1-14-12-15(23)6-8-20(14)33(31,32)28-11-3-2-4-17(28)9-10-26-21(29)22(30)27-19-7-5-16(24)13-18(19)25/h5-8,12-13,17H,2-4,9-11H2,1H3,(H,26,29)(H,27,30). The molecule has 0 bridgehead atoms. The van der Waals surface area contributed by atoms with Crippen LogP contribution in [-0.4, -0.2) is 43.7 Å². The second-order valence-corrected chi connectivity index (χ2v) is 9.66. The maximum atomic E-state index is 13.6. The molecule has 1 atom stereocenters. The highest BCUT2D eigenvalue weighted by atomic mass is 32.2. The van der Waals surface area contributed by atoms with Gasteiger partial charge in [-0.15, -0.1) is 0 Å². The zero-order valence-electron chi connectivity index (χ0n) is 17.9. The Morgan fingerprint density at radius 3 is 2.42 bits per heavy atom. The van der Waals surface area contributed by atoms with E-state index in [1.54, 1.807) is 0 Å². The van der Waals surface area contributed by atoms with Gasteiger partial charge in [-0.2, -0.15) is 4.31 Å². The quantitative estimate of drug-likeness (QED) is 0.618. The molecule has 1 heterocycles. The predicted octanol–water partition coefficient (Wildman–Crippen LogP) is 3.10. The number of hydrogen-bond acceptors (Lipinski definition) is 4. The van der Waals surface area contributed by atoms with Gasteiger partial charge in [0.05, 0.1) is 10.6 Å². The summed E-state index contributed by atoms with van der Waals surface area (Å²) in [6.07, 6.45) is 2.30. The third-order valence-electron chi connectivity index (χ3n) is 5.45. The molecule has 3 rings (SSSR count). The van der Waals surface area contributed by atoms with Crippen molar-refractivity contribution >= 4 is 27.5 Å². The highest BCUT2D eigenvalue weighted by Gasteiger charge is 2.34. The molecule has 33 heavy (non-hydrogen) atoms. The lowest BCUT2D eigenvalue weighted by Crippen LogP contribution is -2.46. The van der Waals surface area contributed by atoms with Gasteiger partial charge in [-0.05, 0) is 62.1 Å². The molecule has 7 nitrogen and oxygen atoms in total. The molecule has 0 aromatic heterocycles. The van der Waals surface area contributed by atoms with E-state index in [4.69, 9.17) is 0 Å². The molecule has 1 aliphatic heterocycles. The predicted molar refractivity (Wildman–Crippen MR) is 115 cm³/mol. The number of aryl methyl sites for hydroxylation is 1. The number of carbonyl (C=O) groups excluding carboxylic acids is 2. The van der Waals surface area contributed by atoms with Gasteiger partial charge < -0.3 is 10.6 Å². The van der Waals surface area contributed by atoms with Crippen LogP contribution in [-0.2, 0) is 19.6 Å². The molecule has 0 saturated carbocycles. The summed E-state index contributed by atoms with van der Waals surface area (Å²) in [5.41, 5.74) is -0.0342. The number of sulfonamides is 1. The van der Waals surface area contributed by atoms with E-state index in [1.807, 2.05) is 0 Å². The molecular formula is C22H24F3N3O4S. The van der Waals surface area contributed by atoms with Gasteiger partial charge in [0.25, 0.3) is 0 Å². The zero-order chi connectivity index (χ0) is 24.2. The van der Waals surface area contributed by atoms with E-state index < -0.39 is 45.3 Å². The van der Waals surface area contributed by atoms with Gasteiger partial charge in [0.2, 0.25) is 10.0 Å². The first-order valence-corrected chi connectivity index (χ1v) is 11.9. The third kappa shape index (κ3) is 5.91. The van der Waals surface area contributed by atoms with Crippen molar-refractivity contribution in [2.24, 2.45) is 0 Å². The monoisotopic (exact) mass is 483 g/mol. The number of nitrogens with zero attached hydrogens (tertiary/aromatic N) is 1. The lowest BCUT2D eigenvalue weighted by atomic mass is 10.0. The summed E-state index contributed by atoms with van der Waals surface area (Å²) < 4.78 is 67.7. The van der Waals surface area contributed by atoms with Crippen molar-refractivity contribution < 1.29 is 31.2 Å². The van der Waals surface area contributed by atoms with Gasteiger partial charge in [0.1, 0.15) is 17.5 Å². The number of benzene rings is 2. The molecule has 178 valence electrons. The van der Waals surface area contributed by atoms with Crippen LogP contribution in [0.25, 0.3) is 0 Å². The minimum absolute atomic E-state index is 0.0112. The van der Waals surface area contributed by atoms with Crippen molar-refractivity contribution in [3.05, 3.63) is 59.4 Å². The van der Waals surface area contributed by atoms with Crippen molar-refractivity contribution in [1.82, 2.24) is 9.62 Å². The van der Waals surface area contributed by atoms with Crippen molar-refractivity contribution in [3.63, 3.8) is 0 Å². The van der Waals surface area contributed by atoms with Gasteiger partial charge in [0, 0.05) is 25.2 Å². The maximum Gasteiger partial charge on any atom is 0.313 e. The summed E-state index contributed by atoms with van der Waals surface area (Å²) >= 11 is 0. The summed E-state index contributed by atoms with van der Waals surface area (Å²) in [6, 6.07) is 5.61. The summed E-state index contributed by atoms with van der Waals surface area (Å²) in [6.45, 7) is 1.83. The Kier molecular flexibility index (Phi) is 7.75. The largest absolute Gasteiger partial charge is 0.348 e. The van der Waals surface area contributed by atoms with Crippen LogP contribution in [0, 0.1) is 24.4 Å². The van der Waals surface area contributed by atoms with E-state index >= 15 is 0 Å². The number of piperidine rings is 1. The Morgan fingerprint density at radius 1 is 1.03 bits per heavy atom. The fraction of sp³-hybridized carbons (Fsp3) is 0.364. The summed E-state index contributed by atoms with van der Waals surface area (Å²) in [5.74, 6) is -4.52. The van der Waals surface area contributed by atoms with Gasteiger partial charge >= 0.3 is 11.8 Å². The number of rotatable bonds is 6. The van der Waals surface area contributed by atoms with Crippen molar-refractivity contribution in [3.8, 4) is 0 Å². The smallest absolute Gasteiger partial charge is 0.313 e. The SMILES string of the molecule is Cc1cc(F)ccc1S(=O)(=O)N1CCCCC1CCNC(=O)C(=O)Nc1ccc(F)cc1F. The molecule has 2 amide bonds. The van der Waals surface area contributed by atoms with Gasteiger partial charge in [0.15, 0.2) is 0 Å². The number of halogens is 3. The molecule has 2 N–H and O–H groups in total. The number of amides is 2. The van der Waals surface area contributed by atoms with E-state index in [2.05, 4.69) is 10.6 Å². The minimum Gasteiger partial charge on any atom is -0.348 e. The van der Waals surface area contributed by atoms with Crippen LogP contribution in [0.5, 0.6) is 0 Å². The van der Waals surface area contributed by atoms with Gasteiger partial charge in [-0.1, -0.05) is 6.42 Å². The Bertz CT molecular complexity index is 1160. The van der Waals surface area contributed by atoms with Crippen LogP contribution in [0.15, 0.2) is 41.3 Å². The zero-order valence-corrected chi connectivity index (χ0v) is 18.7. The Balaban J connectivity index is 1.61.